The second-order valence-electron chi connectivity index (χ2n) is 4.09. The van der Waals surface area contributed by atoms with Gasteiger partial charge in [-0.1, -0.05) is 25.5 Å². The van der Waals surface area contributed by atoms with Gasteiger partial charge in [-0.2, -0.15) is 4.31 Å². The third-order valence-corrected chi connectivity index (χ3v) is 4.83. The molecule has 1 atom stereocenters. The van der Waals surface area contributed by atoms with Crippen molar-refractivity contribution in [3.8, 4) is 0 Å². The topological polar surface area (TPSA) is 37.4 Å². The molecule has 0 N–H and O–H groups in total. The van der Waals surface area contributed by atoms with E-state index in [0.717, 1.165) is 18.9 Å². The molecule has 0 amide bonds. The minimum Gasteiger partial charge on any atom is -0.207 e. The van der Waals surface area contributed by atoms with Gasteiger partial charge in [-0.05, 0) is 25.5 Å². The first-order valence-electron chi connectivity index (χ1n) is 5.63. The minimum absolute atomic E-state index is 0.135. The summed E-state index contributed by atoms with van der Waals surface area (Å²) in [6.45, 7) is 3.81. The molecule has 0 aliphatic heterocycles. The lowest BCUT2D eigenvalue weighted by molar-refractivity contribution is 0.366. The SMILES string of the molecule is CCCC(C)N(C)S(=O)(=O)c1ccccc1F. The molecule has 0 aromatic heterocycles. The van der Waals surface area contributed by atoms with E-state index in [9.17, 15) is 12.8 Å². The van der Waals surface area contributed by atoms with Gasteiger partial charge >= 0.3 is 0 Å². The van der Waals surface area contributed by atoms with Gasteiger partial charge in [-0.15, -0.1) is 0 Å². The highest BCUT2D eigenvalue weighted by atomic mass is 32.2. The van der Waals surface area contributed by atoms with Crippen molar-refractivity contribution in [3.63, 3.8) is 0 Å². The molecule has 0 radical (unpaired) electrons. The van der Waals surface area contributed by atoms with E-state index in [1.54, 1.807) is 0 Å². The molecule has 0 fully saturated rings. The summed E-state index contributed by atoms with van der Waals surface area (Å²) in [5.74, 6) is -0.706. The predicted octanol–water partition coefficient (Wildman–Crippen LogP) is 2.63. The van der Waals surface area contributed by atoms with Gasteiger partial charge < -0.3 is 0 Å². The third-order valence-electron chi connectivity index (χ3n) is 2.82. The fourth-order valence-corrected chi connectivity index (χ4v) is 3.10. The van der Waals surface area contributed by atoms with E-state index < -0.39 is 15.8 Å². The largest absolute Gasteiger partial charge is 0.245 e. The molecule has 0 saturated carbocycles. The van der Waals surface area contributed by atoms with Crippen LogP contribution in [0.1, 0.15) is 26.7 Å². The molecule has 3 nitrogen and oxygen atoms in total. The molecule has 17 heavy (non-hydrogen) atoms. The summed E-state index contributed by atoms with van der Waals surface area (Å²) in [4.78, 5) is -0.259. The van der Waals surface area contributed by atoms with Crippen molar-refractivity contribution in [2.75, 3.05) is 7.05 Å². The van der Waals surface area contributed by atoms with Crippen LogP contribution in [0.25, 0.3) is 0 Å². The van der Waals surface area contributed by atoms with Crippen LogP contribution in [-0.2, 0) is 10.0 Å². The number of sulfonamides is 1. The average Bonchev–Trinajstić information content (AvgIpc) is 2.28. The first-order chi connectivity index (χ1) is 7.91. The van der Waals surface area contributed by atoms with Crippen molar-refractivity contribution in [1.29, 1.82) is 0 Å². The van der Waals surface area contributed by atoms with Gasteiger partial charge in [0.05, 0.1) is 0 Å². The zero-order chi connectivity index (χ0) is 13.1. The Morgan fingerprint density at radius 3 is 2.47 bits per heavy atom. The molecular weight excluding hydrogens is 241 g/mol. The molecule has 5 heteroatoms. The van der Waals surface area contributed by atoms with E-state index in [1.165, 1.54) is 29.6 Å². The number of hydrogen-bond acceptors (Lipinski definition) is 2. The van der Waals surface area contributed by atoms with Crippen molar-refractivity contribution in [2.45, 2.75) is 37.6 Å². The Morgan fingerprint density at radius 1 is 1.35 bits per heavy atom. The van der Waals surface area contributed by atoms with Gasteiger partial charge in [0.2, 0.25) is 10.0 Å². The van der Waals surface area contributed by atoms with Gasteiger partial charge in [0.15, 0.2) is 0 Å². The first-order valence-corrected chi connectivity index (χ1v) is 7.07. The summed E-state index contributed by atoms with van der Waals surface area (Å²) in [6, 6.07) is 5.31. The predicted molar refractivity (Wildman–Crippen MR) is 65.7 cm³/mol. The molecule has 96 valence electrons. The van der Waals surface area contributed by atoms with Crippen LogP contribution < -0.4 is 0 Å². The van der Waals surface area contributed by atoms with Crippen LogP contribution in [0.5, 0.6) is 0 Å². The van der Waals surface area contributed by atoms with Crippen LogP contribution in [0.4, 0.5) is 4.39 Å². The van der Waals surface area contributed by atoms with Gasteiger partial charge in [0, 0.05) is 13.1 Å². The van der Waals surface area contributed by atoms with Crippen LogP contribution in [-0.4, -0.2) is 25.8 Å². The van der Waals surface area contributed by atoms with Crippen molar-refractivity contribution in [2.24, 2.45) is 0 Å². The number of nitrogens with zero attached hydrogens (tertiary/aromatic N) is 1. The van der Waals surface area contributed by atoms with Crippen molar-refractivity contribution in [3.05, 3.63) is 30.1 Å². The van der Waals surface area contributed by atoms with Crippen LogP contribution >= 0.6 is 0 Å². The third kappa shape index (κ3) is 3.04. The quantitative estimate of drug-likeness (QED) is 0.815. The molecule has 1 aromatic carbocycles. The normalized spacial score (nSPS) is 13.9. The Balaban J connectivity index is 3.08. The maximum atomic E-state index is 13.5. The van der Waals surface area contributed by atoms with E-state index in [1.807, 2.05) is 13.8 Å². The Morgan fingerprint density at radius 2 is 1.94 bits per heavy atom. The van der Waals surface area contributed by atoms with E-state index in [-0.39, 0.29) is 10.9 Å². The lowest BCUT2D eigenvalue weighted by Gasteiger charge is -2.24. The standard InChI is InChI=1S/C12H18FNO2S/c1-4-7-10(2)14(3)17(15,16)12-9-6-5-8-11(12)13/h5-6,8-10H,4,7H2,1-3H3. The van der Waals surface area contributed by atoms with Gasteiger partial charge in [0.25, 0.3) is 0 Å². The fourth-order valence-electron chi connectivity index (χ4n) is 1.65. The second kappa shape index (κ2) is 5.60. The van der Waals surface area contributed by atoms with Gasteiger partial charge in [-0.3, -0.25) is 0 Å². The first kappa shape index (κ1) is 14.1. The number of rotatable bonds is 5. The summed E-state index contributed by atoms with van der Waals surface area (Å²) in [5, 5.41) is 0. The van der Waals surface area contributed by atoms with Crippen LogP contribution in [0.3, 0.4) is 0 Å². The summed E-state index contributed by atoms with van der Waals surface area (Å²) < 4.78 is 39.0. The lowest BCUT2D eigenvalue weighted by atomic mass is 10.2. The van der Waals surface area contributed by atoms with E-state index in [0.29, 0.717) is 0 Å². The number of benzene rings is 1. The fraction of sp³-hybridized carbons (Fsp3) is 0.500. The molecule has 1 rings (SSSR count). The van der Waals surface area contributed by atoms with E-state index in [4.69, 9.17) is 0 Å². The number of halogens is 1. The van der Waals surface area contributed by atoms with E-state index in [2.05, 4.69) is 0 Å². The molecule has 0 saturated heterocycles. The zero-order valence-corrected chi connectivity index (χ0v) is 11.2. The van der Waals surface area contributed by atoms with E-state index >= 15 is 0 Å². The summed E-state index contributed by atoms with van der Waals surface area (Å²) >= 11 is 0. The monoisotopic (exact) mass is 259 g/mol. The van der Waals surface area contributed by atoms with Crippen LogP contribution in [0, 0.1) is 5.82 Å². The van der Waals surface area contributed by atoms with Crippen LogP contribution in [0.2, 0.25) is 0 Å². The van der Waals surface area contributed by atoms with Crippen molar-refractivity contribution in [1.82, 2.24) is 4.31 Å². The maximum absolute atomic E-state index is 13.5. The van der Waals surface area contributed by atoms with Crippen molar-refractivity contribution >= 4 is 10.0 Å². The molecule has 1 unspecified atom stereocenters. The molecule has 0 bridgehead atoms. The summed E-state index contributed by atoms with van der Waals surface area (Å²) in [6.07, 6.45) is 1.64. The van der Waals surface area contributed by atoms with Crippen molar-refractivity contribution < 1.29 is 12.8 Å². The molecule has 0 aliphatic carbocycles. The van der Waals surface area contributed by atoms with Crippen LogP contribution in [0.15, 0.2) is 29.2 Å². The number of hydrogen-bond donors (Lipinski definition) is 0. The maximum Gasteiger partial charge on any atom is 0.245 e. The molecule has 0 aliphatic rings. The Kier molecular flexibility index (Phi) is 4.65. The molecular formula is C12H18FNO2S. The lowest BCUT2D eigenvalue weighted by Crippen LogP contribution is -2.35. The molecule has 0 spiro atoms. The highest BCUT2D eigenvalue weighted by Crippen LogP contribution is 2.20. The molecule has 0 heterocycles. The summed E-state index contributed by atoms with van der Waals surface area (Å²) in [7, 11) is -2.24. The highest BCUT2D eigenvalue weighted by molar-refractivity contribution is 7.89. The minimum atomic E-state index is -3.73. The summed E-state index contributed by atoms with van der Waals surface area (Å²) in [5.41, 5.74) is 0. The smallest absolute Gasteiger partial charge is 0.207 e. The Hall–Kier alpha value is -0.940. The Bertz CT molecular complexity index is 473. The molecule has 1 aromatic rings. The Labute approximate surface area is 102 Å². The zero-order valence-electron chi connectivity index (χ0n) is 10.4. The second-order valence-corrected chi connectivity index (χ2v) is 6.06. The highest BCUT2D eigenvalue weighted by Gasteiger charge is 2.27. The van der Waals surface area contributed by atoms with Gasteiger partial charge in [-0.25, -0.2) is 12.8 Å². The average molecular weight is 259 g/mol. The van der Waals surface area contributed by atoms with Gasteiger partial charge in [0.1, 0.15) is 10.7 Å².